The molecule has 0 saturated carbocycles. The van der Waals surface area contributed by atoms with Gasteiger partial charge in [-0.05, 0) is 48.7 Å². The van der Waals surface area contributed by atoms with Gasteiger partial charge in [0.25, 0.3) is 5.56 Å². The molecule has 1 unspecified atom stereocenters. The number of rotatable bonds is 5. The third-order valence-corrected chi connectivity index (χ3v) is 5.35. The average molecular weight is 442 g/mol. The number of anilines is 1. The molecule has 3 aromatic rings. The maximum atomic E-state index is 13.1. The summed E-state index contributed by atoms with van der Waals surface area (Å²) in [5, 5.41) is 4.29. The fourth-order valence-electron chi connectivity index (χ4n) is 3.57. The molecule has 1 atom stereocenters. The number of pyridine rings is 1. The molecule has 31 heavy (non-hydrogen) atoms. The van der Waals surface area contributed by atoms with E-state index in [2.05, 4.69) is 10.3 Å². The summed E-state index contributed by atoms with van der Waals surface area (Å²) < 4.78 is 11.2. The van der Waals surface area contributed by atoms with E-state index < -0.39 is 0 Å². The zero-order chi connectivity index (χ0) is 21.8. The van der Waals surface area contributed by atoms with Crippen molar-refractivity contribution in [3.8, 4) is 0 Å². The summed E-state index contributed by atoms with van der Waals surface area (Å²) in [6, 6.07) is 14.2. The van der Waals surface area contributed by atoms with Gasteiger partial charge in [-0.25, -0.2) is 4.79 Å². The number of H-pyrrole nitrogens is 1. The van der Waals surface area contributed by atoms with Gasteiger partial charge < -0.3 is 24.7 Å². The first-order valence-corrected chi connectivity index (χ1v) is 10.5. The van der Waals surface area contributed by atoms with Crippen LogP contribution in [0, 0.1) is 6.92 Å². The second-order valence-electron chi connectivity index (χ2n) is 7.60. The first-order chi connectivity index (χ1) is 15.0. The normalized spacial score (nSPS) is 16.3. The number of halogens is 1. The minimum atomic E-state index is -0.347. The summed E-state index contributed by atoms with van der Waals surface area (Å²) in [4.78, 5) is 30.2. The van der Waals surface area contributed by atoms with Crippen LogP contribution in [-0.2, 0) is 16.0 Å². The molecular formula is C23H24ClN3O4. The summed E-state index contributed by atoms with van der Waals surface area (Å²) in [5.41, 5.74) is 2.70. The number of hydrogen-bond acceptors (Lipinski definition) is 4. The monoisotopic (exact) mass is 441 g/mol. The van der Waals surface area contributed by atoms with Crippen molar-refractivity contribution in [2.75, 3.05) is 31.7 Å². The van der Waals surface area contributed by atoms with Gasteiger partial charge in [-0.3, -0.25) is 4.79 Å². The lowest BCUT2D eigenvalue weighted by atomic mass is 10.1. The Balaban J connectivity index is 1.60. The highest BCUT2D eigenvalue weighted by Gasteiger charge is 2.23. The van der Waals surface area contributed by atoms with E-state index in [0.29, 0.717) is 36.1 Å². The van der Waals surface area contributed by atoms with E-state index in [9.17, 15) is 9.59 Å². The van der Waals surface area contributed by atoms with E-state index >= 15 is 0 Å². The van der Waals surface area contributed by atoms with Crippen molar-refractivity contribution in [3.63, 3.8) is 0 Å². The molecular weight excluding hydrogens is 418 g/mol. The van der Waals surface area contributed by atoms with Gasteiger partial charge in [0.2, 0.25) is 0 Å². The quantitative estimate of drug-likeness (QED) is 0.628. The third-order valence-electron chi connectivity index (χ3n) is 5.11. The molecule has 0 aliphatic carbocycles. The van der Waals surface area contributed by atoms with Crippen LogP contribution in [0.5, 0.6) is 0 Å². The molecule has 4 rings (SSSR count). The second-order valence-corrected chi connectivity index (χ2v) is 8.04. The predicted molar refractivity (Wildman–Crippen MR) is 121 cm³/mol. The number of urea groups is 1. The van der Waals surface area contributed by atoms with Crippen LogP contribution in [0.25, 0.3) is 10.9 Å². The van der Waals surface area contributed by atoms with Crippen molar-refractivity contribution in [2.24, 2.45) is 0 Å². The van der Waals surface area contributed by atoms with Gasteiger partial charge in [0, 0.05) is 21.8 Å². The molecule has 2 heterocycles. The molecule has 2 aromatic carbocycles. The van der Waals surface area contributed by atoms with Gasteiger partial charge in [0.1, 0.15) is 0 Å². The van der Waals surface area contributed by atoms with Crippen molar-refractivity contribution >= 4 is 34.2 Å². The molecule has 1 fully saturated rings. The predicted octanol–water partition coefficient (Wildman–Crippen LogP) is 3.94. The number of benzene rings is 2. The highest BCUT2D eigenvalue weighted by molar-refractivity contribution is 6.30. The Bertz CT molecular complexity index is 1140. The van der Waals surface area contributed by atoms with Gasteiger partial charge in [-0.2, -0.15) is 0 Å². The number of carbonyl (C=O) groups excluding carboxylic acids is 1. The number of aromatic nitrogens is 1. The van der Waals surface area contributed by atoms with E-state index in [1.807, 2.05) is 31.2 Å². The standard InChI is InChI=1S/C23H24ClN3O4/c1-15-5-6-21-16(9-15)10-17(22(28)26-21)12-27(13-20-14-30-7-8-31-20)23(29)25-19-4-2-3-18(24)11-19/h2-6,9-11,20H,7-8,12-14H2,1H3,(H,25,29)(H,26,28). The summed E-state index contributed by atoms with van der Waals surface area (Å²) in [5.74, 6) is 0. The van der Waals surface area contributed by atoms with E-state index in [1.165, 1.54) is 0 Å². The van der Waals surface area contributed by atoms with Crippen LogP contribution < -0.4 is 10.9 Å². The summed E-state index contributed by atoms with van der Waals surface area (Å²) in [6.07, 6.45) is -0.263. The van der Waals surface area contributed by atoms with Gasteiger partial charge in [0.05, 0.1) is 39.0 Å². The first-order valence-electron chi connectivity index (χ1n) is 10.1. The number of fused-ring (bicyclic) bond motifs is 1. The zero-order valence-corrected chi connectivity index (χ0v) is 17.9. The van der Waals surface area contributed by atoms with E-state index in [1.54, 1.807) is 29.2 Å². The number of nitrogens with one attached hydrogen (secondary N) is 2. The average Bonchev–Trinajstić information content (AvgIpc) is 2.75. The van der Waals surface area contributed by atoms with Crippen LogP contribution in [0.4, 0.5) is 10.5 Å². The topological polar surface area (TPSA) is 83.7 Å². The van der Waals surface area contributed by atoms with E-state index in [-0.39, 0.29) is 30.8 Å². The van der Waals surface area contributed by atoms with Crippen molar-refractivity contribution in [1.82, 2.24) is 9.88 Å². The minimum Gasteiger partial charge on any atom is -0.376 e. The number of amides is 2. The van der Waals surface area contributed by atoms with E-state index in [4.69, 9.17) is 21.1 Å². The van der Waals surface area contributed by atoms with Gasteiger partial charge in [0.15, 0.2) is 0 Å². The molecule has 1 aliphatic heterocycles. The molecule has 8 heteroatoms. The maximum Gasteiger partial charge on any atom is 0.322 e. The highest BCUT2D eigenvalue weighted by Crippen LogP contribution is 2.18. The van der Waals surface area contributed by atoms with Crippen molar-refractivity contribution in [3.05, 3.63) is 75.0 Å². The fourth-order valence-corrected chi connectivity index (χ4v) is 3.76. The van der Waals surface area contributed by atoms with Gasteiger partial charge in [-0.15, -0.1) is 0 Å². The number of aromatic amines is 1. The first kappa shape index (κ1) is 21.4. The smallest absolute Gasteiger partial charge is 0.322 e. The van der Waals surface area contributed by atoms with Gasteiger partial charge in [-0.1, -0.05) is 29.3 Å². The minimum absolute atomic E-state index is 0.130. The fraction of sp³-hybridized carbons (Fsp3) is 0.304. The lowest BCUT2D eigenvalue weighted by Crippen LogP contribution is -2.44. The molecule has 0 radical (unpaired) electrons. The summed E-state index contributed by atoms with van der Waals surface area (Å²) >= 11 is 6.04. The lowest BCUT2D eigenvalue weighted by molar-refractivity contribution is -0.0943. The molecule has 0 spiro atoms. The second kappa shape index (κ2) is 9.51. The van der Waals surface area contributed by atoms with Crippen LogP contribution in [0.15, 0.2) is 53.3 Å². The van der Waals surface area contributed by atoms with Crippen molar-refractivity contribution < 1.29 is 14.3 Å². The molecule has 1 saturated heterocycles. The molecule has 2 amide bonds. The van der Waals surface area contributed by atoms with Crippen molar-refractivity contribution in [2.45, 2.75) is 19.6 Å². The number of aryl methyl sites for hydroxylation is 1. The van der Waals surface area contributed by atoms with Crippen LogP contribution >= 0.6 is 11.6 Å². The Hall–Kier alpha value is -2.87. The lowest BCUT2D eigenvalue weighted by Gasteiger charge is -2.30. The number of ether oxygens (including phenoxy) is 2. The number of hydrogen-bond donors (Lipinski definition) is 2. The van der Waals surface area contributed by atoms with Crippen molar-refractivity contribution in [1.29, 1.82) is 0 Å². The Labute approximate surface area is 184 Å². The van der Waals surface area contributed by atoms with Crippen LogP contribution in [0.3, 0.4) is 0 Å². The van der Waals surface area contributed by atoms with Crippen LogP contribution in [0.2, 0.25) is 5.02 Å². The number of carbonyl (C=O) groups is 1. The van der Waals surface area contributed by atoms with Gasteiger partial charge >= 0.3 is 6.03 Å². The van der Waals surface area contributed by atoms with E-state index in [0.717, 1.165) is 16.5 Å². The van der Waals surface area contributed by atoms with Crippen LogP contribution in [0.1, 0.15) is 11.1 Å². The Morgan fingerprint density at radius 2 is 2.10 bits per heavy atom. The maximum absolute atomic E-state index is 13.1. The summed E-state index contributed by atoms with van der Waals surface area (Å²) in [6.45, 7) is 3.83. The molecule has 0 bridgehead atoms. The molecule has 1 aliphatic rings. The molecule has 7 nitrogen and oxygen atoms in total. The SMILES string of the molecule is Cc1ccc2[nH]c(=O)c(CN(CC3COCCO3)C(=O)Nc3cccc(Cl)c3)cc2c1. The molecule has 162 valence electrons. The van der Waals surface area contributed by atoms with Crippen LogP contribution in [-0.4, -0.2) is 48.4 Å². The highest BCUT2D eigenvalue weighted by atomic mass is 35.5. The third kappa shape index (κ3) is 5.44. The largest absolute Gasteiger partial charge is 0.376 e. The summed E-state index contributed by atoms with van der Waals surface area (Å²) in [7, 11) is 0. The zero-order valence-electron chi connectivity index (χ0n) is 17.2. The molecule has 1 aromatic heterocycles. The Morgan fingerprint density at radius 3 is 2.87 bits per heavy atom. The Morgan fingerprint density at radius 1 is 1.23 bits per heavy atom. The molecule has 2 N–H and O–H groups in total. The number of nitrogens with zero attached hydrogens (tertiary/aromatic N) is 1. The Kier molecular flexibility index (Phi) is 6.56.